The fraction of sp³-hybridized carbons (Fsp3) is 0.111. The highest BCUT2D eigenvalue weighted by Gasteiger charge is 2.15. The highest BCUT2D eigenvalue weighted by Crippen LogP contribution is 2.27. The molecule has 0 amide bonds. The van der Waals surface area contributed by atoms with Gasteiger partial charge < -0.3 is 4.42 Å². The second kappa shape index (κ2) is 7.33. The normalized spacial score (nSPS) is 11.4. The number of aromatic nitrogens is 7. The van der Waals surface area contributed by atoms with Crippen LogP contribution in [0, 0.1) is 12.7 Å². The van der Waals surface area contributed by atoms with Crippen LogP contribution in [-0.2, 0) is 6.42 Å². The topological polar surface area (TPSA) is 94.9 Å². The second-order valence-corrected chi connectivity index (χ2v) is 8.08. The summed E-state index contributed by atoms with van der Waals surface area (Å²) >= 11 is 2.79. The minimum Gasteiger partial charge on any atom is -0.415 e. The number of halogens is 1. The van der Waals surface area contributed by atoms with E-state index in [1.54, 1.807) is 41.7 Å². The molecular weight excluding hydrogens is 413 g/mol. The van der Waals surface area contributed by atoms with E-state index in [0.29, 0.717) is 39.6 Å². The Bertz CT molecular complexity index is 1310. The standard InChI is InChI=1S/C18H12FN7OS2/c1-10-20-11(9-28-10)8-15-22-24-18(27-15)29-16-7-6-14-21-23-17(26(14)25-16)12-4-2-3-5-13(12)19/h2-7,9H,8H2,1H3. The van der Waals surface area contributed by atoms with E-state index >= 15 is 0 Å². The van der Waals surface area contributed by atoms with E-state index in [9.17, 15) is 4.39 Å². The van der Waals surface area contributed by atoms with E-state index in [0.717, 1.165) is 10.7 Å². The molecule has 144 valence electrons. The van der Waals surface area contributed by atoms with E-state index < -0.39 is 0 Å². The van der Waals surface area contributed by atoms with Crippen molar-refractivity contribution >= 4 is 28.7 Å². The van der Waals surface area contributed by atoms with Gasteiger partial charge in [-0.05, 0) is 43.0 Å². The largest absolute Gasteiger partial charge is 0.415 e. The van der Waals surface area contributed by atoms with Crippen LogP contribution < -0.4 is 0 Å². The number of benzene rings is 1. The third-order valence-corrected chi connectivity index (χ3v) is 5.58. The molecule has 4 heterocycles. The van der Waals surface area contributed by atoms with Gasteiger partial charge in [0, 0.05) is 5.38 Å². The fourth-order valence-electron chi connectivity index (χ4n) is 2.72. The number of hydrogen-bond donors (Lipinski definition) is 0. The van der Waals surface area contributed by atoms with Gasteiger partial charge in [-0.2, -0.15) is 9.61 Å². The molecule has 5 aromatic rings. The minimum atomic E-state index is -0.388. The Morgan fingerprint density at radius 1 is 1.10 bits per heavy atom. The van der Waals surface area contributed by atoms with Gasteiger partial charge in [0.15, 0.2) is 11.5 Å². The summed E-state index contributed by atoms with van der Waals surface area (Å²) in [6, 6.07) is 9.89. The summed E-state index contributed by atoms with van der Waals surface area (Å²) in [4.78, 5) is 4.40. The van der Waals surface area contributed by atoms with Gasteiger partial charge in [0.25, 0.3) is 5.22 Å². The number of fused-ring (bicyclic) bond motifs is 1. The Labute approximate surface area is 171 Å². The Morgan fingerprint density at radius 2 is 2.00 bits per heavy atom. The van der Waals surface area contributed by atoms with Crippen LogP contribution in [0.15, 0.2) is 56.4 Å². The zero-order chi connectivity index (χ0) is 19.8. The second-order valence-electron chi connectivity index (χ2n) is 6.04. The first kappa shape index (κ1) is 17.9. The summed E-state index contributed by atoms with van der Waals surface area (Å²) in [7, 11) is 0. The Hall–Kier alpha value is -3.18. The molecule has 0 saturated carbocycles. The maximum absolute atomic E-state index is 14.2. The maximum Gasteiger partial charge on any atom is 0.283 e. The van der Waals surface area contributed by atoms with Gasteiger partial charge in [-0.3, -0.25) is 0 Å². The smallest absolute Gasteiger partial charge is 0.283 e. The minimum absolute atomic E-state index is 0.325. The third kappa shape index (κ3) is 3.61. The van der Waals surface area contributed by atoms with Crippen molar-refractivity contribution in [3.05, 3.63) is 64.2 Å². The highest BCUT2D eigenvalue weighted by atomic mass is 32.2. The predicted octanol–water partition coefficient (Wildman–Crippen LogP) is 3.82. The lowest BCUT2D eigenvalue weighted by atomic mass is 10.2. The molecule has 0 unspecified atom stereocenters. The molecule has 0 fully saturated rings. The molecule has 0 aliphatic rings. The van der Waals surface area contributed by atoms with E-state index in [1.807, 2.05) is 12.3 Å². The molecule has 8 nitrogen and oxygen atoms in total. The van der Waals surface area contributed by atoms with Crippen LogP contribution in [0.2, 0.25) is 0 Å². The average molecular weight is 425 g/mol. The van der Waals surface area contributed by atoms with Gasteiger partial charge in [0.2, 0.25) is 5.89 Å². The Balaban J connectivity index is 1.41. The molecule has 1 aromatic carbocycles. The van der Waals surface area contributed by atoms with Gasteiger partial charge in [0.1, 0.15) is 10.8 Å². The van der Waals surface area contributed by atoms with Crippen LogP contribution in [0.25, 0.3) is 17.0 Å². The van der Waals surface area contributed by atoms with Gasteiger partial charge in [-0.1, -0.05) is 12.1 Å². The Kier molecular flexibility index (Phi) is 4.52. The Morgan fingerprint density at radius 3 is 2.83 bits per heavy atom. The highest BCUT2D eigenvalue weighted by molar-refractivity contribution is 7.99. The van der Waals surface area contributed by atoms with Crippen molar-refractivity contribution in [2.75, 3.05) is 0 Å². The SMILES string of the molecule is Cc1nc(Cc2nnc(Sc3ccc4nnc(-c5ccccc5F)n4n3)o2)cs1. The van der Waals surface area contributed by atoms with Gasteiger partial charge in [0.05, 0.1) is 22.7 Å². The molecule has 4 aromatic heterocycles. The van der Waals surface area contributed by atoms with E-state index in [2.05, 4.69) is 30.5 Å². The summed E-state index contributed by atoms with van der Waals surface area (Å²) in [6.07, 6.45) is 0.479. The van der Waals surface area contributed by atoms with E-state index in [-0.39, 0.29) is 5.82 Å². The zero-order valence-corrected chi connectivity index (χ0v) is 16.6. The van der Waals surface area contributed by atoms with Gasteiger partial charge in [-0.25, -0.2) is 9.37 Å². The van der Waals surface area contributed by atoms with Crippen LogP contribution in [-0.4, -0.2) is 35.0 Å². The fourth-order valence-corrected chi connectivity index (χ4v) is 3.99. The molecule has 0 spiro atoms. The molecule has 29 heavy (non-hydrogen) atoms. The number of hydrogen-bond acceptors (Lipinski definition) is 9. The van der Waals surface area contributed by atoms with Gasteiger partial charge >= 0.3 is 0 Å². The summed E-state index contributed by atoms with van der Waals surface area (Å²) in [5, 5.41) is 24.7. The van der Waals surface area contributed by atoms with Crippen LogP contribution in [0.4, 0.5) is 4.39 Å². The molecule has 0 aliphatic carbocycles. The molecule has 0 radical (unpaired) electrons. The first-order valence-corrected chi connectivity index (χ1v) is 10.2. The quantitative estimate of drug-likeness (QED) is 0.419. The van der Waals surface area contributed by atoms with Crippen molar-refractivity contribution in [1.82, 2.24) is 35.0 Å². The van der Waals surface area contributed by atoms with Crippen LogP contribution in [0.3, 0.4) is 0 Å². The van der Waals surface area contributed by atoms with Crippen molar-refractivity contribution < 1.29 is 8.81 Å². The van der Waals surface area contributed by atoms with E-state index in [4.69, 9.17) is 4.42 Å². The summed E-state index contributed by atoms with van der Waals surface area (Å²) < 4.78 is 21.3. The molecule has 0 saturated heterocycles. The summed E-state index contributed by atoms with van der Waals surface area (Å²) in [6.45, 7) is 1.95. The van der Waals surface area contributed by atoms with Crippen molar-refractivity contribution in [3.8, 4) is 11.4 Å². The number of thiazole rings is 1. The summed E-state index contributed by atoms with van der Waals surface area (Å²) in [5.41, 5.74) is 1.73. The molecular formula is C18H12FN7OS2. The molecule has 0 atom stereocenters. The summed E-state index contributed by atoms with van der Waals surface area (Å²) in [5.74, 6) is 0.418. The number of aryl methyl sites for hydroxylation is 1. The van der Waals surface area contributed by atoms with Crippen molar-refractivity contribution in [1.29, 1.82) is 0 Å². The molecule has 0 aliphatic heterocycles. The van der Waals surface area contributed by atoms with Gasteiger partial charge in [-0.15, -0.1) is 31.7 Å². The lowest BCUT2D eigenvalue weighted by molar-refractivity contribution is 0.419. The van der Waals surface area contributed by atoms with Crippen molar-refractivity contribution in [2.45, 2.75) is 23.6 Å². The first-order chi connectivity index (χ1) is 14.2. The maximum atomic E-state index is 14.2. The lowest BCUT2D eigenvalue weighted by Gasteiger charge is -2.02. The molecule has 0 N–H and O–H groups in total. The number of rotatable bonds is 5. The first-order valence-electron chi connectivity index (χ1n) is 8.54. The molecule has 5 rings (SSSR count). The van der Waals surface area contributed by atoms with E-state index in [1.165, 1.54) is 22.3 Å². The third-order valence-electron chi connectivity index (χ3n) is 3.99. The number of nitrogens with zero attached hydrogens (tertiary/aromatic N) is 7. The average Bonchev–Trinajstić information content (AvgIpc) is 3.43. The van der Waals surface area contributed by atoms with Crippen LogP contribution >= 0.6 is 23.1 Å². The predicted molar refractivity (Wildman–Crippen MR) is 104 cm³/mol. The van der Waals surface area contributed by atoms with Crippen molar-refractivity contribution in [2.24, 2.45) is 0 Å². The molecule has 0 bridgehead atoms. The lowest BCUT2D eigenvalue weighted by Crippen LogP contribution is -1.97. The monoisotopic (exact) mass is 425 g/mol. The van der Waals surface area contributed by atoms with Crippen LogP contribution in [0.5, 0.6) is 0 Å². The molecule has 11 heteroatoms. The zero-order valence-electron chi connectivity index (χ0n) is 15.0. The van der Waals surface area contributed by atoms with Crippen molar-refractivity contribution in [3.63, 3.8) is 0 Å². The van der Waals surface area contributed by atoms with Crippen LogP contribution in [0.1, 0.15) is 16.6 Å².